The van der Waals surface area contributed by atoms with Gasteiger partial charge in [-0.3, -0.25) is 4.79 Å². The molecule has 0 heterocycles. The summed E-state index contributed by atoms with van der Waals surface area (Å²) in [6, 6.07) is 0. The molecule has 0 saturated carbocycles. The second-order valence-electron chi connectivity index (χ2n) is 15.8. The van der Waals surface area contributed by atoms with E-state index in [0.29, 0.717) is 19.6 Å². The summed E-state index contributed by atoms with van der Waals surface area (Å²) >= 11 is 0. The average molecular weight is 757 g/mol. The van der Waals surface area contributed by atoms with Crippen LogP contribution >= 0.6 is 0 Å². The van der Waals surface area contributed by atoms with Crippen molar-refractivity contribution in [2.24, 2.45) is 0 Å². The highest BCUT2D eigenvalue weighted by Gasteiger charge is 2.13. The first-order chi connectivity index (χ1) is 26.7. The molecule has 0 aliphatic heterocycles. The van der Waals surface area contributed by atoms with E-state index in [0.717, 1.165) is 32.1 Å². The molecule has 0 fully saturated rings. The third kappa shape index (κ3) is 44.7. The molecule has 316 valence electrons. The van der Waals surface area contributed by atoms with E-state index in [1.54, 1.807) is 0 Å². The molecular weight excluding hydrogens is 665 g/mol. The van der Waals surface area contributed by atoms with Gasteiger partial charge in [-0.25, -0.2) is 0 Å². The Morgan fingerprint density at radius 3 is 1.17 bits per heavy atom. The van der Waals surface area contributed by atoms with Crippen molar-refractivity contribution >= 4 is 5.97 Å². The summed E-state index contributed by atoms with van der Waals surface area (Å²) in [5.74, 6) is -0.204. The lowest BCUT2D eigenvalue weighted by atomic mass is 10.0. The lowest BCUT2D eigenvalue weighted by Gasteiger charge is -2.16. The van der Waals surface area contributed by atoms with Gasteiger partial charge in [0.1, 0.15) is 6.10 Å². The smallest absolute Gasteiger partial charge is 0.306 e. The fraction of sp³-hybridized carbons (Fsp3) is 0.820. The normalized spacial score (nSPS) is 12.7. The van der Waals surface area contributed by atoms with Crippen LogP contribution in [0.5, 0.6) is 0 Å². The van der Waals surface area contributed by atoms with Crippen LogP contribution in [0, 0.1) is 0 Å². The fourth-order valence-corrected chi connectivity index (χ4v) is 6.80. The first kappa shape index (κ1) is 52.3. The summed E-state index contributed by atoms with van der Waals surface area (Å²) in [7, 11) is 0. The van der Waals surface area contributed by atoms with Crippen LogP contribution in [0.2, 0.25) is 0 Å². The van der Waals surface area contributed by atoms with E-state index in [1.807, 2.05) is 0 Å². The van der Waals surface area contributed by atoms with Crippen LogP contribution in [-0.4, -0.2) is 37.0 Å². The number of aliphatic hydroxyl groups excluding tert-OH is 1. The Kier molecular flexibility index (Phi) is 46.0. The summed E-state index contributed by atoms with van der Waals surface area (Å²) in [4.78, 5) is 12.2. The first-order valence-corrected chi connectivity index (χ1v) is 23.7. The summed E-state index contributed by atoms with van der Waals surface area (Å²) < 4.78 is 11.2. The number of esters is 1. The number of aliphatic hydroxyl groups is 1. The molecule has 0 aromatic rings. The first-order valence-electron chi connectivity index (χ1n) is 23.7. The SMILES string of the molecule is CCCCCC/C=C\C/C=C\CCCCCCCCCCOCC(CO)OC(=O)CCCCCCCCCCCCC/C=C\C/C=C\CCCCCCC. The Labute approximate surface area is 337 Å². The van der Waals surface area contributed by atoms with Crippen LogP contribution in [-0.2, 0) is 14.3 Å². The predicted molar refractivity (Wildman–Crippen MR) is 237 cm³/mol. The highest BCUT2D eigenvalue weighted by atomic mass is 16.6. The number of rotatable bonds is 44. The zero-order valence-corrected chi connectivity index (χ0v) is 36.2. The molecule has 0 bridgehead atoms. The highest BCUT2D eigenvalue weighted by molar-refractivity contribution is 5.69. The van der Waals surface area contributed by atoms with Gasteiger partial charge < -0.3 is 14.6 Å². The van der Waals surface area contributed by atoms with Crippen LogP contribution in [0.15, 0.2) is 48.6 Å². The fourth-order valence-electron chi connectivity index (χ4n) is 6.80. The molecule has 4 heteroatoms. The molecule has 0 amide bonds. The van der Waals surface area contributed by atoms with Gasteiger partial charge in [0.25, 0.3) is 0 Å². The Hall–Kier alpha value is -1.65. The van der Waals surface area contributed by atoms with Gasteiger partial charge in [-0.2, -0.15) is 0 Å². The van der Waals surface area contributed by atoms with Crippen LogP contribution in [0.25, 0.3) is 0 Å². The second-order valence-corrected chi connectivity index (χ2v) is 15.8. The van der Waals surface area contributed by atoms with E-state index >= 15 is 0 Å². The van der Waals surface area contributed by atoms with Gasteiger partial charge in [-0.05, 0) is 77.0 Å². The number of hydrogen-bond acceptors (Lipinski definition) is 4. The van der Waals surface area contributed by atoms with Crippen molar-refractivity contribution in [3.63, 3.8) is 0 Å². The lowest BCUT2D eigenvalue weighted by Crippen LogP contribution is -2.27. The minimum absolute atomic E-state index is 0.175. The van der Waals surface area contributed by atoms with Crippen molar-refractivity contribution in [2.45, 2.75) is 245 Å². The number of carbonyl (C=O) groups is 1. The van der Waals surface area contributed by atoms with Crippen LogP contribution in [0.1, 0.15) is 239 Å². The third-order valence-corrected chi connectivity index (χ3v) is 10.4. The van der Waals surface area contributed by atoms with Gasteiger partial charge in [0.15, 0.2) is 0 Å². The van der Waals surface area contributed by atoms with Crippen LogP contribution < -0.4 is 0 Å². The maximum Gasteiger partial charge on any atom is 0.306 e. The van der Waals surface area contributed by atoms with Crippen molar-refractivity contribution in [1.29, 1.82) is 0 Å². The van der Waals surface area contributed by atoms with Gasteiger partial charge >= 0.3 is 5.97 Å². The molecule has 0 aromatic heterocycles. The molecule has 1 N–H and O–H groups in total. The van der Waals surface area contributed by atoms with E-state index in [2.05, 4.69) is 62.5 Å². The van der Waals surface area contributed by atoms with Crippen LogP contribution in [0.3, 0.4) is 0 Å². The monoisotopic (exact) mass is 757 g/mol. The van der Waals surface area contributed by atoms with Crippen molar-refractivity contribution in [3.8, 4) is 0 Å². The van der Waals surface area contributed by atoms with E-state index < -0.39 is 6.10 Å². The van der Waals surface area contributed by atoms with E-state index in [-0.39, 0.29) is 12.6 Å². The Balaban J connectivity index is 3.43. The molecule has 0 rings (SSSR count). The van der Waals surface area contributed by atoms with E-state index in [1.165, 1.54) is 186 Å². The standard InChI is InChI=1S/C50H92O4/c1-3-5-7-9-11-13-15-17-19-21-23-24-25-26-27-29-31-33-35-37-39-41-43-45-50(52)54-49(47-51)48-53-46-44-42-40-38-36-34-32-30-28-22-20-18-16-14-12-10-8-6-4-2/h14-17,20-23,49,51H,3-13,18-19,24-48H2,1-2H3/b16-14-,17-15-,22-20-,23-21-. The average Bonchev–Trinajstić information content (AvgIpc) is 3.18. The number of hydrogen-bond donors (Lipinski definition) is 1. The zero-order valence-electron chi connectivity index (χ0n) is 36.2. The number of carbonyl (C=O) groups excluding carboxylic acids is 1. The van der Waals surface area contributed by atoms with Crippen molar-refractivity contribution in [1.82, 2.24) is 0 Å². The Morgan fingerprint density at radius 1 is 0.444 bits per heavy atom. The van der Waals surface area contributed by atoms with Gasteiger partial charge in [-0.1, -0.05) is 204 Å². The van der Waals surface area contributed by atoms with Crippen LogP contribution in [0.4, 0.5) is 0 Å². The van der Waals surface area contributed by atoms with Gasteiger partial charge in [0, 0.05) is 13.0 Å². The molecule has 1 unspecified atom stereocenters. The quantitative estimate of drug-likeness (QED) is 0.0382. The summed E-state index contributed by atoms with van der Waals surface area (Å²) in [5, 5.41) is 9.63. The second kappa shape index (κ2) is 47.5. The Bertz CT molecular complexity index is 844. The molecular formula is C50H92O4. The minimum atomic E-state index is -0.539. The minimum Gasteiger partial charge on any atom is -0.457 e. The molecule has 0 aliphatic rings. The molecule has 4 nitrogen and oxygen atoms in total. The largest absolute Gasteiger partial charge is 0.457 e. The molecule has 54 heavy (non-hydrogen) atoms. The zero-order chi connectivity index (χ0) is 39.1. The predicted octanol–water partition coefficient (Wildman–Crippen LogP) is 15.8. The number of unbranched alkanes of at least 4 members (excludes halogenated alkanes) is 28. The lowest BCUT2D eigenvalue weighted by molar-refractivity contribution is -0.154. The summed E-state index contributed by atoms with van der Waals surface area (Å²) in [6.07, 6.45) is 61.8. The van der Waals surface area contributed by atoms with Gasteiger partial charge in [-0.15, -0.1) is 0 Å². The van der Waals surface area contributed by atoms with Crippen molar-refractivity contribution in [2.75, 3.05) is 19.8 Å². The number of allylic oxidation sites excluding steroid dienone is 8. The summed E-state index contributed by atoms with van der Waals surface area (Å²) in [5.41, 5.74) is 0. The molecule has 0 radical (unpaired) electrons. The highest BCUT2D eigenvalue weighted by Crippen LogP contribution is 2.14. The molecule has 0 aliphatic carbocycles. The third-order valence-electron chi connectivity index (χ3n) is 10.4. The number of ether oxygens (including phenoxy) is 2. The topological polar surface area (TPSA) is 55.8 Å². The van der Waals surface area contributed by atoms with Crippen molar-refractivity contribution in [3.05, 3.63) is 48.6 Å². The van der Waals surface area contributed by atoms with Crippen molar-refractivity contribution < 1.29 is 19.4 Å². The Morgan fingerprint density at radius 2 is 0.778 bits per heavy atom. The maximum absolute atomic E-state index is 12.2. The molecule has 0 saturated heterocycles. The molecule has 0 aromatic carbocycles. The van der Waals surface area contributed by atoms with Gasteiger partial charge in [0.2, 0.25) is 0 Å². The molecule has 0 spiro atoms. The van der Waals surface area contributed by atoms with Gasteiger partial charge in [0.05, 0.1) is 13.2 Å². The summed E-state index contributed by atoms with van der Waals surface area (Å²) in [6.45, 7) is 5.33. The molecule has 1 atom stereocenters. The maximum atomic E-state index is 12.2. The van der Waals surface area contributed by atoms with E-state index in [9.17, 15) is 9.90 Å². The van der Waals surface area contributed by atoms with E-state index in [4.69, 9.17) is 9.47 Å².